The molecule has 0 saturated carbocycles. The van der Waals surface area contributed by atoms with Gasteiger partial charge in [0.1, 0.15) is 0 Å². The third-order valence-corrected chi connectivity index (χ3v) is 2.73. The molecule has 13 heavy (non-hydrogen) atoms. The minimum absolute atomic E-state index is 0.133. The van der Waals surface area contributed by atoms with Crippen LogP contribution in [0.4, 0.5) is 0 Å². The van der Waals surface area contributed by atoms with Gasteiger partial charge >= 0.3 is 0 Å². The standard InChI is InChI=1S/C10H20N2O/c1-3-9(11)10(13)12-6-4-5-8(2)7-12/h8-9H,3-7,11H2,1-2H3/t8?,9-/m0/s1. The zero-order valence-corrected chi connectivity index (χ0v) is 8.62. The van der Waals surface area contributed by atoms with Crippen molar-refractivity contribution in [3.05, 3.63) is 0 Å². The highest BCUT2D eigenvalue weighted by Gasteiger charge is 2.23. The Morgan fingerprint density at radius 3 is 2.92 bits per heavy atom. The lowest BCUT2D eigenvalue weighted by Gasteiger charge is -2.32. The maximum Gasteiger partial charge on any atom is 0.239 e. The fourth-order valence-electron chi connectivity index (χ4n) is 1.80. The highest BCUT2D eigenvalue weighted by atomic mass is 16.2. The van der Waals surface area contributed by atoms with Crippen LogP contribution in [0.1, 0.15) is 33.1 Å². The molecule has 3 nitrogen and oxygen atoms in total. The fraction of sp³-hybridized carbons (Fsp3) is 0.900. The third kappa shape index (κ3) is 2.69. The molecule has 0 aromatic rings. The van der Waals surface area contributed by atoms with Crippen LogP contribution in [-0.2, 0) is 4.79 Å². The summed E-state index contributed by atoms with van der Waals surface area (Å²) in [4.78, 5) is 13.6. The summed E-state index contributed by atoms with van der Waals surface area (Å²) in [6.07, 6.45) is 3.11. The average Bonchev–Trinajstić information content (AvgIpc) is 2.15. The molecule has 3 heteroatoms. The zero-order valence-electron chi connectivity index (χ0n) is 8.62. The van der Waals surface area contributed by atoms with Crippen LogP contribution in [0.15, 0.2) is 0 Å². The Bertz CT molecular complexity index is 182. The van der Waals surface area contributed by atoms with Crippen molar-refractivity contribution >= 4 is 5.91 Å². The highest BCUT2D eigenvalue weighted by Crippen LogP contribution is 2.16. The molecule has 0 aromatic carbocycles. The topological polar surface area (TPSA) is 46.3 Å². The molecule has 2 N–H and O–H groups in total. The monoisotopic (exact) mass is 184 g/mol. The molecule has 2 atom stereocenters. The first kappa shape index (κ1) is 10.5. The zero-order chi connectivity index (χ0) is 9.84. The summed E-state index contributed by atoms with van der Waals surface area (Å²) < 4.78 is 0. The van der Waals surface area contributed by atoms with Gasteiger partial charge in [0.15, 0.2) is 0 Å². The van der Waals surface area contributed by atoms with E-state index in [0.717, 1.165) is 25.9 Å². The first-order chi connectivity index (χ1) is 6.15. The normalized spacial score (nSPS) is 25.8. The Morgan fingerprint density at radius 2 is 2.38 bits per heavy atom. The summed E-state index contributed by atoms with van der Waals surface area (Å²) in [7, 11) is 0. The second kappa shape index (κ2) is 4.61. The number of carbonyl (C=O) groups is 1. The van der Waals surface area contributed by atoms with Gasteiger partial charge < -0.3 is 10.6 Å². The molecule has 0 radical (unpaired) electrons. The summed E-state index contributed by atoms with van der Waals surface area (Å²) in [5.41, 5.74) is 5.70. The first-order valence-corrected chi connectivity index (χ1v) is 5.19. The quantitative estimate of drug-likeness (QED) is 0.695. The lowest BCUT2D eigenvalue weighted by molar-refractivity contribution is -0.134. The smallest absolute Gasteiger partial charge is 0.239 e. The van der Waals surface area contributed by atoms with Gasteiger partial charge in [-0.3, -0.25) is 4.79 Å². The van der Waals surface area contributed by atoms with E-state index in [9.17, 15) is 4.79 Å². The Labute approximate surface area is 80.3 Å². The number of rotatable bonds is 2. The van der Waals surface area contributed by atoms with Gasteiger partial charge in [-0.05, 0) is 25.2 Å². The molecule has 1 saturated heterocycles. The lowest BCUT2D eigenvalue weighted by atomic mass is 9.99. The highest BCUT2D eigenvalue weighted by molar-refractivity contribution is 5.81. The van der Waals surface area contributed by atoms with E-state index in [1.807, 2.05) is 11.8 Å². The van der Waals surface area contributed by atoms with Crippen LogP contribution in [0.5, 0.6) is 0 Å². The van der Waals surface area contributed by atoms with Gasteiger partial charge in [-0.2, -0.15) is 0 Å². The SMILES string of the molecule is CC[C@H](N)C(=O)N1CCCC(C)C1. The number of likely N-dealkylation sites (tertiary alicyclic amines) is 1. The molecular weight excluding hydrogens is 164 g/mol. The van der Waals surface area contributed by atoms with Crippen LogP contribution < -0.4 is 5.73 Å². The van der Waals surface area contributed by atoms with E-state index in [4.69, 9.17) is 5.73 Å². The summed E-state index contributed by atoms with van der Waals surface area (Å²) in [5, 5.41) is 0. The van der Waals surface area contributed by atoms with Gasteiger partial charge in [0, 0.05) is 13.1 Å². The van der Waals surface area contributed by atoms with Crippen molar-refractivity contribution in [2.24, 2.45) is 11.7 Å². The summed E-state index contributed by atoms with van der Waals surface area (Å²) in [6.45, 7) is 5.94. The molecule has 1 aliphatic heterocycles. The minimum atomic E-state index is -0.287. The van der Waals surface area contributed by atoms with E-state index in [1.54, 1.807) is 0 Å². The van der Waals surface area contributed by atoms with Crippen molar-refractivity contribution in [1.82, 2.24) is 4.90 Å². The second-order valence-corrected chi connectivity index (χ2v) is 4.05. The predicted octanol–water partition coefficient (Wildman–Crippen LogP) is 0.982. The lowest BCUT2D eigenvalue weighted by Crippen LogP contribution is -2.47. The molecule has 1 unspecified atom stereocenters. The molecule has 1 heterocycles. The molecule has 1 aliphatic rings. The van der Waals surface area contributed by atoms with Crippen LogP contribution in [0.2, 0.25) is 0 Å². The molecule has 0 spiro atoms. The van der Waals surface area contributed by atoms with Crippen molar-refractivity contribution in [3.63, 3.8) is 0 Å². The van der Waals surface area contributed by atoms with Gasteiger partial charge in [-0.15, -0.1) is 0 Å². The summed E-state index contributed by atoms with van der Waals surface area (Å²) in [6, 6.07) is -0.287. The van der Waals surface area contributed by atoms with Crippen LogP contribution in [0.3, 0.4) is 0 Å². The number of nitrogens with two attached hydrogens (primary N) is 1. The van der Waals surface area contributed by atoms with Crippen molar-refractivity contribution < 1.29 is 4.79 Å². The van der Waals surface area contributed by atoms with E-state index in [1.165, 1.54) is 6.42 Å². The molecular formula is C10H20N2O. The Morgan fingerprint density at radius 1 is 1.69 bits per heavy atom. The Balaban J connectivity index is 2.46. The summed E-state index contributed by atoms with van der Waals surface area (Å²) in [5.74, 6) is 0.774. The van der Waals surface area contributed by atoms with Gasteiger partial charge in [0.05, 0.1) is 6.04 Å². The fourth-order valence-corrected chi connectivity index (χ4v) is 1.80. The van der Waals surface area contributed by atoms with Crippen LogP contribution in [-0.4, -0.2) is 29.9 Å². The number of hydrogen-bond donors (Lipinski definition) is 1. The third-order valence-electron chi connectivity index (χ3n) is 2.73. The number of carbonyl (C=O) groups excluding carboxylic acids is 1. The average molecular weight is 184 g/mol. The minimum Gasteiger partial charge on any atom is -0.341 e. The van der Waals surface area contributed by atoms with E-state index in [2.05, 4.69) is 6.92 Å². The largest absolute Gasteiger partial charge is 0.341 e. The second-order valence-electron chi connectivity index (χ2n) is 4.05. The molecule has 0 aromatic heterocycles. The predicted molar refractivity (Wildman–Crippen MR) is 53.2 cm³/mol. The van der Waals surface area contributed by atoms with Crippen LogP contribution in [0, 0.1) is 5.92 Å². The molecule has 0 aliphatic carbocycles. The number of amides is 1. The molecule has 0 bridgehead atoms. The van der Waals surface area contributed by atoms with Crippen molar-refractivity contribution in [3.8, 4) is 0 Å². The van der Waals surface area contributed by atoms with Crippen molar-refractivity contribution in [2.45, 2.75) is 39.2 Å². The molecule has 1 fully saturated rings. The van der Waals surface area contributed by atoms with Gasteiger partial charge in [-0.25, -0.2) is 0 Å². The molecule has 1 rings (SSSR count). The maximum absolute atomic E-state index is 11.7. The summed E-state index contributed by atoms with van der Waals surface area (Å²) >= 11 is 0. The molecule has 76 valence electrons. The van der Waals surface area contributed by atoms with E-state index in [0.29, 0.717) is 5.92 Å². The Hall–Kier alpha value is -0.570. The van der Waals surface area contributed by atoms with Crippen molar-refractivity contribution in [2.75, 3.05) is 13.1 Å². The van der Waals surface area contributed by atoms with E-state index < -0.39 is 0 Å². The first-order valence-electron chi connectivity index (χ1n) is 5.19. The van der Waals surface area contributed by atoms with Gasteiger partial charge in [-0.1, -0.05) is 13.8 Å². The number of nitrogens with zero attached hydrogens (tertiary/aromatic N) is 1. The number of hydrogen-bond acceptors (Lipinski definition) is 2. The Kier molecular flexibility index (Phi) is 3.72. The van der Waals surface area contributed by atoms with Crippen LogP contribution in [0.25, 0.3) is 0 Å². The van der Waals surface area contributed by atoms with Crippen molar-refractivity contribution in [1.29, 1.82) is 0 Å². The van der Waals surface area contributed by atoms with Gasteiger partial charge in [0.25, 0.3) is 0 Å². The van der Waals surface area contributed by atoms with Crippen LogP contribution >= 0.6 is 0 Å². The van der Waals surface area contributed by atoms with E-state index in [-0.39, 0.29) is 11.9 Å². The number of piperidine rings is 1. The maximum atomic E-state index is 11.7. The van der Waals surface area contributed by atoms with E-state index >= 15 is 0 Å². The van der Waals surface area contributed by atoms with Gasteiger partial charge in [0.2, 0.25) is 5.91 Å². The molecule has 1 amide bonds.